The van der Waals surface area contributed by atoms with Crippen LogP contribution < -0.4 is 9.47 Å². The molecule has 3 rings (SSSR count). The van der Waals surface area contributed by atoms with E-state index in [1.54, 1.807) is 11.6 Å². The maximum atomic E-state index is 12.3. The molecule has 3 aromatic rings. The number of pyridine rings is 1. The molecule has 0 radical (unpaired) electrons. The number of esters is 1. The van der Waals surface area contributed by atoms with Gasteiger partial charge < -0.3 is 14.2 Å². The van der Waals surface area contributed by atoms with Crippen molar-refractivity contribution in [2.24, 2.45) is 0 Å². The maximum Gasteiger partial charge on any atom is 0.345 e. The van der Waals surface area contributed by atoms with Gasteiger partial charge in [-0.15, -0.1) is 0 Å². The molecule has 0 unspecified atom stereocenters. The number of hydrogen-bond donors (Lipinski definition) is 0. The predicted molar refractivity (Wildman–Crippen MR) is 114 cm³/mol. The number of carbonyl (C=O) groups excluding carboxylic acids is 1. The first kappa shape index (κ1) is 21.8. The minimum Gasteiger partial charge on any atom is -0.477 e. The van der Waals surface area contributed by atoms with Gasteiger partial charge in [0.15, 0.2) is 0 Å². The van der Waals surface area contributed by atoms with E-state index >= 15 is 0 Å². The topological polar surface area (TPSA) is 99.3 Å². The highest BCUT2D eigenvalue weighted by atomic mass is 16.5. The minimum absolute atomic E-state index is 0.272. The number of carbonyl (C=O) groups is 1. The standard InChI is InChI=1S/C23H24N4O4/c1-15-13-16(2)25-21(19(15)14-24)30-11-8-12-31-22-20(23(28)29-4)17(3)26-27(22)18-9-6-5-7-10-18/h5-7,9-10,13H,8,11-12H2,1-4H3. The Morgan fingerprint density at radius 1 is 1.13 bits per heavy atom. The number of hydrogen-bond acceptors (Lipinski definition) is 7. The molecule has 8 heteroatoms. The van der Waals surface area contributed by atoms with Crippen LogP contribution in [-0.2, 0) is 4.74 Å². The summed E-state index contributed by atoms with van der Waals surface area (Å²) in [4.78, 5) is 16.6. The van der Waals surface area contributed by atoms with Gasteiger partial charge in [-0.05, 0) is 44.5 Å². The summed E-state index contributed by atoms with van der Waals surface area (Å²) >= 11 is 0. The molecule has 0 saturated heterocycles. The van der Waals surface area contributed by atoms with Crippen LogP contribution in [0.15, 0.2) is 36.4 Å². The van der Waals surface area contributed by atoms with Gasteiger partial charge in [-0.1, -0.05) is 18.2 Å². The Bertz CT molecular complexity index is 1120. The predicted octanol–water partition coefficient (Wildman–Crippen LogP) is 3.70. The number of para-hydroxylation sites is 1. The summed E-state index contributed by atoms with van der Waals surface area (Å²) in [5.41, 5.74) is 3.61. The second kappa shape index (κ2) is 9.76. The van der Waals surface area contributed by atoms with Gasteiger partial charge in [0.25, 0.3) is 0 Å². The molecule has 0 N–H and O–H groups in total. The molecule has 0 bridgehead atoms. The maximum absolute atomic E-state index is 12.3. The molecule has 0 saturated carbocycles. The van der Waals surface area contributed by atoms with Crippen LogP contribution in [0.2, 0.25) is 0 Å². The molecule has 2 heterocycles. The van der Waals surface area contributed by atoms with Crippen LogP contribution in [0.1, 0.15) is 39.3 Å². The van der Waals surface area contributed by atoms with Crippen molar-refractivity contribution in [2.75, 3.05) is 20.3 Å². The van der Waals surface area contributed by atoms with E-state index in [9.17, 15) is 10.1 Å². The van der Waals surface area contributed by atoms with Crippen molar-refractivity contribution in [3.63, 3.8) is 0 Å². The first-order valence-corrected chi connectivity index (χ1v) is 9.83. The molecule has 0 aliphatic rings. The summed E-state index contributed by atoms with van der Waals surface area (Å²) in [6.07, 6.45) is 0.513. The molecular formula is C23H24N4O4. The number of rotatable bonds is 8. The van der Waals surface area contributed by atoms with Crippen molar-refractivity contribution in [1.82, 2.24) is 14.8 Å². The third-order valence-corrected chi connectivity index (χ3v) is 4.60. The van der Waals surface area contributed by atoms with Crippen LogP contribution in [0, 0.1) is 32.1 Å². The number of nitriles is 1. The molecule has 0 aliphatic carbocycles. The number of benzene rings is 1. The smallest absolute Gasteiger partial charge is 0.345 e. The van der Waals surface area contributed by atoms with Crippen LogP contribution in [0.25, 0.3) is 5.69 Å². The summed E-state index contributed by atoms with van der Waals surface area (Å²) < 4.78 is 18.2. The zero-order chi connectivity index (χ0) is 22.4. The summed E-state index contributed by atoms with van der Waals surface area (Å²) in [6.45, 7) is 6.01. The van der Waals surface area contributed by atoms with Crippen molar-refractivity contribution in [3.8, 4) is 23.5 Å². The average molecular weight is 420 g/mol. The number of ether oxygens (including phenoxy) is 3. The summed E-state index contributed by atoms with van der Waals surface area (Å²) in [6, 6.07) is 13.4. The van der Waals surface area contributed by atoms with Gasteiger partial charge in [0.05, 0.1) is 31.7 Å². The molecule has 160 valence electrons. The molecule has 0 fully saturated rings. The molecule has 0 amide bonds. The molecule has 31 heavy (non-hydrogen) atoms. The molecule has 8 nitrogen and oxygen atoms in total. The van der Waals surface area contributed by atoms with Crippen LogP contribution in [0.4, 0.5) is 0 Å². The Kier molecular flexibility index (Phi) is 6.88. The van der Waals surface area contributed by atoms with E-state index < -0.39 is 5.97 Å². The van der Waals surface area contributed by atoms with Gasteiger partial charge in [0.1, 0.15) is 17.2 Å². The molecule has 0 aliphatic heterocycles. The first-order chi connectivity index (χ1) is 15.0. The monoisotopic (exact) mass is 420 g/mol. The van der Waals surface area contributed by atoms with E-state index in [0.717, 1.165) is 16.9 Å². The lowest BCUT2D eigenvalue weighted by atomic mass is 10.1. The summed E-state index contributed by atoms with van der Waals surface area (Å²) in [5, 5.41) is 13.8. The number of aryl methyl sites for hydroxylation is 3. The fourth-order valence-electron chi connectivity index (χ4n) is 3.16. The zero-order valence-corrected chi connectivity index (χ0v) is 18.0. The van der Waals surface area contributed by atoms with E-state index in [-0.39, 0.29) is 12.2 Å². The normalized spacial score (nSPS) is 10.4. The Morgan fingerprint density at radius 2 is 1.84 bits per heavy atom. The Labute approximate surface area is 181 Å². The fourth-order valence-corrected chi connectivity index (χ4v) is 3.16. The highest BCUT2D eigenvalue weighted by Gasteiger charge is 2.24. The summed E-state index contributed by atoms with van der Waals surface area (Å²) in [7, 11) is 1.32. The van der Waals surface area contributed by atoms with Gasteiger partial charge in [-0.2, -0.15) is 10.4 Å². The minimum atomic E-state index is -0.510. The second-order valence-electron chi connectivity index (χ2n) is 6.93. The molecule has 1 aromatic carbocycles. The van der Waals surface area contributed by atoms with E-state index in [2.05, 4.69) is 16.2 Å². The van der Waals surface area contributed by atoms with Crippen molar-refractivity contribution in [2.45, 2.75) is 27.2 Å². The van der Waals surface area contributed by atoms with Crippen LogP contribution in [0.3, 0.4) is 0 Å². The lowest BCUT2D eigenvalue weighted by molar-refractivity contribution is 0.0594. The number of methoxy groups -OCH3 is 1. The van der Waals surface area contributed by atoms with Gasteiger partial charge in [0.2, 0.25) is 11.8 Å². The molecule has 0 spiro atoms. The van der Waals surface area contributed by atoms with E-state index in [1.807, 2.05) is 50.2 Å². The van der Waals surface area contributed by atoms with Crippen LogP contribution in [0.5, 0.6) is 11.8 Å². The fraction of sp³-hybridized carbons (Fsp3) is 0.304. The van der Waals surface area contributed by atoms with Crippen molar-refractivity contribution >= 4 is 5.97 Å². The third kappa shape index (κ3) is 4.83. The largest absolute Gasteiger partial charge is 0.477 e. The second-order valence-corrected chi connectivity index (χ2v) is 6.93. The van der Waals surface area contributed by atoms with Gasteiger partial charge in [0, 0.05) is 12.1 Å². The van der Waals surface area contributed by atoms with E-state index in [0.29, 0.717) is 36.0 Å². The first-order valence-electron chi connectivity index (χ1n) is 9.83. The quantitative estimate of drug-likeness (QED) is 0.405. The highest BCUT2D eigenvalue weighted by molar-refractivity contribution is 5.93. The lowest BCUT2D eigenvalue weighted by Gasteiger charge is -2.12. The van der Waals surface area contributed by atoms with Gasteiger partial charge in [-0.3, -0.25) is 0 Å². The third-order valence-electron chi connectivity index (χ3n) is 4.60. The van der Waals surface area contributed by atoms with Gasteiger partial charge >= 0.3 is 5.97 Å². The van der Waals surface area contributed by atoms with Crippen molar-refractivity contribution in [3.05, 3.63) is 64.5 Å². The highest BCUT2D eigenvalue weighted by Crippen LogP contribution is 2.27. The molecule has 2 aromatic heterocycles. The number of aromatic nitrogens is 3. The molecular weight excluding hydrogens is 396 g/mol. The number of nitrogens with zero attached hydrogens (tertiary/aromatic N) is 4. The summed E-state index contributed by atoms with van der Waals surface area (Å²) in [5.74, 6) is 0.127. The van der Waals surface area contributed by atoms with E-state index in [4.69, 9.17) is 14.2 Å². The van der Waals surface area contributed by atoms with Gasteiger partial charge in [-0.25, -0.2) is 14.5 Å². The zero-order valence-electron chi connectivity index (χ0n) is 18.0. The lowest BCUT2D eigenvalue weighted by Crippen LogP contribution is -2.12. The Balaban J connectivity index is 1.72. The molecule has 0 atom stereocenters. The van der Waals surface area contributed by atoms with Crippen LogP contribution >= 0.6 is 0 Å². The Hall–Kier alpha value is -3.86. The average Bonchev–Trinajstić information content (AvgIpc) is 3.09. The van der Waals surface area contributed by atoms with Crippen molar-refractivity contribution < 1.29 is 19.0 Å². The Morgan fingerprint density at radius 3 is 2.52 bits per heavy atom. The van der Waals surface area contributed by atoms with Crippen molar-refractivity contribution in [1.29, 1.82) is 5.26 Å². The van der Waals surface area contributed by atoms with Crippen LogP contribution in [-0.4, -0.2) is 41.1 Å². The SMILES string of the molecule is COC(=O)c1c(C)nn(-c2ccccc2)c1OCCCOc1nc(C)cc(C)c1C#N. The van der Waals surface area contributed by atoms with E-state index in [1.165, 1.54) is 7.11 Å².